The molecule has 0 saturated carbocycles. The number of aromatic nitrogens is 3. The molecule has 4 rings (SSSR count). The Balaban J connectivity index is 1.82. The highest BCUT2D eigenvalue weighted by Gasteiger charge is 2.12. The van der Waals surface area contributed by atoms with Crippen LogP contribution in [0, 0.1) is 0 Å². The van der Waals surface area contributed by atoms with Crippen molar-refractivity contribution in [2.24, 2.45) is 0 Å². The Bertz CT molecular complexity index is 1110. The van der Waals surface area contributed by atoms with E-state index in [0.717, 1.165) is 10.8 Å². The predicted octanol–water partition coefficient (Wildman–Crippen LogP) is 3.52. The molecule has 130 valence electrons. The topological polar surface area (TPSA) is 95.2 Å². The molecule has 0 spiro atoms. The summed E-state index contributed by atoms with van der Waals surface area (Å²) in [5.41, 5.74) is 6.78. The zero-order valence-corrected chi connectivity index (χ0v) is 14.4. The van der Waals surface area contributed by atoms with Gasteiger partial charge in [-0.15, -0.1) is 0 Å². The Morgan fingerprint density at radius 1 is 0.923 bits per heavy atom. The van der Waals surface area contributed by atoms with Gasteiger partial charge in [-0.3, -0.25) is 0 Å². The first-order valence-corrected chi connectivity index (χ1v) is 7.99. The maximum absolute atomic E-state index is 6.13. The van der Waals surface area contributed by atoms with Gasteiger partial charge in [0.1, 0.15) is 11.6 Å². The van der Waals surface area contributed by atoms with Gasteiger partial charge < -0.3 is 20.5 Å². The summed E-state index contributed by atoms with van der Waals surface area (Å²) in [6.45, 7) is 0. The molecule has 7 heteroatoms. The number of pyridine rings is 1. The molecular formula is C19H17N5O2. The molecule has 4 aromatic rings. The van der Waals surface area contributed by atoms with Gasteiger partial charge in [-0.05, 0) is 17.5 Å². The molecular weight excluding hydrogens is 330 g/mol. The predicted molar refractivity (Wildman–Crippen MR) is 102 cm³/mol. The average Bonchev–Trinajstić information content (AvgIpc) is 2.67. The molecule has 2 heterocycles. The van der Waals surface area contributed by atoms with Gasteiger partial charge >= 0.3 is 0 Å². The minimum atomic E-state index is 0.346. The number of methoxy groups -OCH3 is 2. The van der Waals surface area contributed by atoms with E-state index >= 15 is 0 Å². The number of hydrogen-bond acceptors (Lipinski definition) is 7. The van der Waals surface area contributed by atoms with Crippen molar-refractivity contribution in [1.29, 1.82) is 0 Å². The lowest BCUT2D eigenvalue weighted by molar-refractivity contribution is 0.356. The summed E-state index contributed by atoms with van der Waals surface area (Å²) in [4.78, 5) is 13.3. The van der Waals surface area contributed by atoms with Crippen LogP contribution in [0.1, 0.15) is 0 Å². The maximum Gasteiger partial charge on any atom is 0.230 e. The second-order valence-electron chi connectivity index (χ2n) is 5.66. The SMILES string of the molecule is COc1cc2nc(Nc3nccc4ccccc34)nc(N)c2cc1OC. The summed E-state index contributed by atoms with van der Waals surface area (Å²) >= 11 is 0. The first-order chi connectivity index (χ1) is 12.7. The van der Waals surface area contributed by atoms with Crippen molar-refractivity contribution >= 4 is 39.3 Å². The van der Waals surface area contributed by atoms with Crippen LogP contribution in [0.3, 0.4) is 0 Å². The number of anilines is 3. The Morgan fingerprint density at radius 3 is 2.50 bits per heavy atom. The van der Waals surface area contributed by atoms with Crippen molar-refractivity contribution in [1.82, 2.24) is 15.0 Å². The number of nitrogens with zero attached hydrogens (tertiary/aromatic N) is 3. The highest BCUT2D eigenvalue weighted by molar-refractivity contribution is 5.94. The standard InChI is InChI=1S/C19H17N5O2/c1-25-15-9-13-14(10-16(15)26-2)22-19(23-17(13)20)24-18-12-6-4-3-5-11(12)7-8-21-18/h3-10H,1-2H3,(H3,20,21,22,23,24). The molecule has 3 N–H and O–H groups in total. The van der Waals surface area contributed by atoms with E-state index in [1.54, 1.807) is 32.5 Å². The van der Waals surface area contributed by atoms with E-state index in [9.17, 15) is 0 Å². The Hall–Kier alpha value is -3.61. The van der Waals surface area contributed by atoms with Crippen LogP contribution in [0.2, 0.25) is 0 Å². The van der Waals surface area contributed by atoms with Crippen molar-refractivity contribution in [2.45, 2.75) is 0 Å². The molecule has 0 bridgehead atoms. The van der Waals surface area contributed by atoms with E-state index < -0.39 is 0 Å². The molecule has 0 amide bonds. The van der Waals surface area contributed by atoms with Crippen LogP contribution in [-0.4, -0.2) is 29.2 Å². The summed E-state index contributed by atoms with van der Waals surface area (Å²) in [6, 6.07) is 13.4. The van der Waals surface area contributed by atoms with E-state index in [-0.39, 0.29) is 0 Å². The molecule has 2 aromatic carbocycles. The lowest BCUT2D eigenvalue weighted by Gasteiger charge is -2.12. The first kappa shape index (κ1) is 15.9. The first-order valence-electron chi connectivity index (χ1n) is 7.99. The number of ether oxygens (including phenoxy) is 2. The second-order valence-corrected chi connectivity index (χ2v) is 5.66. The summed E-state index contributed by atoms with van der Waals surface area (Å²) in [5.74, 6) is 2.53. The highest BCUT2D eigenvalue weighted by Crippen LogP contribution is 2.34. The molecule has 2 aromatic heterocycles. The van der Waals surface area contributed by atoms with Gasteiger partial charge in [0.25, 0.3) is 0 Å². The monoisotopic (exact) mass is 347 g/mol. The zero-order valence-electron chi connectivity index (χ0n) is 14.4. The van der Waals surface area contributed by atoms with E-state index in [1.165, 1.54) is 0 Å². The van der Waals surface area contributed by atoms with Crippen LogP contribution >= 0.6 is 0 Å². The minimum absolute atomic E-state index is 0.346. The van der Waals surface area contributed by atoms with Crippen LogP contribution in [-0.2, 0) is 0 Å². The van der Waals surface area contributed by atoms with Crippen molar-refractivity contribution in [3.05, 3.63) is 48.7 Å². The van der Waals surface area contributed by atoms with Crippen LogP contribution in [0.15, 0.2) is 48.7 Å². The summed E-state index contributed by atoms with van der Waals surface area (Å²) in [5, 5.41) is 5.90. The third-order valence-corrected chi connectivity index (χ3v) is 4.13. The molecule has 26 heavy (non-hydrogen) atoms. The fourth-order valence-electron chi connectivity index (χ4n) is 2.86. The van der Waals surface area contributed by atoms with Crippen molar-refractivity contribution in [2.75, 3.05) is 25.3 Å². The molecule has 0 aliphatic heterocycles. The Kier molecular flexibility index (Phi) is 3.89. The van der Waals surface area contributed by atoms with E-state index in [2.05, 4.69) is 20.3 Å². The van der Waals surface area contributed by atoms with Crippen LogP contribution in [0.4, 0.5) is 17.6 Å². The summed E-state index contributed by atoms with van der Waals surface area (Å²) in [6.07, 6.45) is 1.74. The number of fused-ring (bicyclic) bond motifs is 2. The third-order valence-electron chi connectivity index (χ3n) is 4.13. The molecule has 0 aliphatic rings. The largest absolute Gasteiger partial charge is 0.493 e. The minimum Gasteiger partial charge on any atom is -0.493 e. The Morgan fingerprint density at radius 2 is 1.69 bits per heavy atom. The molecule has 0 fully saturated rings. The zero-order chi connectivity index (χ0) is 18.1. The molecule has 0 atom stereocenters. The lowest BCUT2D eigenvalue weighted by atomic mass is 10.1. The number of hydrogen-bond donors (Lipinski definition) is 2. The van der Waals surface area contributed by atoms with Crippen molar-refractivity contribution in [3.63, 3.8) is 0 Å². The molecule has 0 unspecified atom stereocenters. The third kappa shape index (κ3) is 2.69. The molecule has 7 nitrogen and oxygen atoms in total. The average molecular weight is 347 g/mol. The van der Waals surface area contributed by atoms with Crippen molar-refractivity contribution < 1.29 is 9.47 Å². The van der Waals surface area contributed by atoms with Gasteiger partial charge in [0.15, 0.2) is 11.5 Å². The van der Waals surface area contributed by atoms with Gasteiger partial charge in [0, 0.05) is 23.0 Å². The van der Waals surface area contributed by atoms with Gasteiger partial charge in [-0.25, -0.2) is 9.97 Å². The van der Waals surface area contributed by atoms with Gasteiger partial charge in [0.2, 0.25) is 5.95 Å². The summed E-state index contributed by atoms with van der Waals surface area (Å²) in [7, 11) is 3.15. The van der Waals surface area contributed by atoms with Crippen LogP contribution in [0.5, 0.6) is 11.5 Å². The Labute approximate surface area is 149 Å². The van der Waals surface area contributed by atoms with Gasteiger partial charge in [0.05, 0.1) is 19.7 Å². The molecule has 0 saturated heterocycles. The fourth-order valence-corrected chi connectivity index (χ4v) is 2.86. The fraction of sp³-hybridized carbons (Fsp3) is 0.105. The number of benzene rings is 2. The van der Waals surface area contributed by atoms with Crippen molar-refractivity contribution in [3.8, 4) is 11.5 Å². The van der Waals surface area contributed by atoms with E-state index in [4.69, 9.17) is 15.2 Å². The quantitative estimate of drug-likeness (QED) is 0.583. The number of nitrogens with two attached hydrogens (primary N) is 1. The summed E-state index contributed by atoms with van der Waals surface area (Å²) < 4.78 is 10.7. The van der Waals surface area contributed by atoms with Crippen LogP contribution < -0.4 is 20.5 Å². The van der Waals surface area contributed by atoms with E-state index in [1.807, 2.05) is 30.3 Å². The highest BCUT2D eigenvalue weighted by atomic mass is 16.5. The normalized spacial score (nSPS) is 10.8. The maximum atomic E-state index is 6.13. The van der Waals surface area contributed by atoms with Gasteiger partial charge in [-0.2, -0.15) is 4.98 Å². The molecule has 0 radical (unpaired) electrons. The number of nitrogen functional groups attached to an aromatic ring is 1. The smallest absolute Gasteiger partial charge is 0.230 e. The van der Waals surface area contributed by atoms with E-state index in [0.29, 0.717) is 40.0 Å². The lowest BCUT2D eigenvalue weighted by Crippen LogP contribution is -2.03. The second kappa shape index (κ2) is 6.36. The molecule has 0 aliphatic carbocycles. The number of rotatable bonds is 4. The number of nitrogens with one attached hydrogen (secondary N) is 1. The van der Waals surface area contributed by atoms with Gasteiger partial charge in [-0.1, -0.05) is 24.3 Å². The van der Waals surface area contributed by atoms with Crippen LogP contribution in [0.25, 0.3) is 21.7 Å².